The fourth-order valence-corrected chi connectivity index (χ4v) is 1.77. The lowest BCUT2D eigenvalue weighted by Crippen LogP contribution is -2.36. The third-order valence-electron chi connectivity index (χ3n) is 2.11. The van der Waals surface area contributed by atoms with Crippen molar-refractivity contribution < 1.29 is 9.18 Å². The Labute approximate surface area is 88.8 Å². The highest BCUT2D eigenvalue weighted by Gasteiger charge is 2.25. The molecular weight excluding hydrogens is 251 g/mol. The fourth-order valence-electron chi connectivity index (χ4n) is 1.33. The standard InChI is InChI=1S/C9H8BrFN2O/c1-4-9(14)13-8-6(11)3-2-5(10)7(8)12-4/h2-4,12H,1H3,(H,13,14). The van der Waals surface area contributed by atoms with E-state index in [4.69, 9.17) is 0 Å². The van der Waals surface area contributed by atoms with Gasteiger partial charge in [0.25, 0.3) is 0 Å². The average Bonchev–Trinajstić information content (AvgIpc) is 2.15. The van der Waals surface area contributed by atoms with Gasteiger partial charge in [0.2, 0.25) is 5.91 Å². The number of carbonyl (C=O) groups excluding carboxylic acids is 1. The van der Waals surface area contributed by atoms with Crippen molar-refractivity contribution in [2.75, 3.05) is 10.6 Å². The summed E-state index contributed by atoms with van der Waals surface area (Å²) in [7, 11) is 0. The Bertz CT molecular complexity index is 408. The summed E-state index contributed by atoms with van der Waals surface area (Å²) in [4.78, 5) is 11.3. The van der Waals surface area contributed by atoms with Gasteiger partial charge < -0.3 is 10.6 Å². The SMILES string of the molecule is CC1Nc2c(Br)ccc(F)c2NC1=O. The number of fused-ring (bicyclic) bond motifs is 1. The van der Waals surface area contributed by atoms with E-state index >= 15 is 0 Å². The summed E-state index contributed by atoms with van der Waals surface area (Å²) < 4.78 is 14.0. The molecule has 5 heteroatoms. The van der Waals surface area contributed by atoms with E-state index < -0.39 is 5.82 Å². The van der Waals surface area contributed by atoms with E-state index in [0.29, 0.717) is 5.69 Å². The van der Waals surface area contributed by atoms with Crippen molar-refractivity contribution >= 4 is 33.2 Å². The Kier molecular flexibility index (Phi) is 2.19. The van der Waals surface area contributed by atoms with Crippen molar-refractivity contribution in [1.29, 1.82) is 0 Å². The zero-order valence-electron chi connectivity index (χ0n) is 7.40. The van der Waals surface area contributed by atoms with Crippen LogP contribution in [0.3, 0.4) is 0 Å². The summed E-state index contributed by atoms with van der Waals surface area (Å²) in [6.45, 7) is 1.72. The quantitative estimate of drug-likeness (QED) is 0.750. The highest BCUT2D eigenvalue weighted by atomic mass is 79.9. The third-order valence-corrected chi connectivity index (χ3v) is 2.77. The van der Waals surface area contributed by atoms with Crippen LogP contribution in [0.15, 0.2) is 16.6 Å². The van der Waals surface area contributed by atoms with Crippen molar-refractivity contribution in [1.82, 2.24) is 0 Å². The molecule has 0 aliphatic carbocycles. The van der Waals surface area contributed by atoms with Gasteiger partial charge >= 0.3 is 0 Å². The van der Waals surface area contributed by atoms with Gasteiger partial charge in [-0.2, -0.15) is 0 Å². The minimum atomic E-state index is -0.434. The minimum Gasteiger partial charge on any atom is -0.371 e. The Balaban J connectivity index is 2.55. The van der Waals surface area contributed by atoms with Gasteiger partial charge in [-0.3, -0.25) is 4.79 Å². The Morgan fingerprint density at radius 1 is 1.43 bits per heavy atom. The van der Waals surface area contributed by atoms with Crippen molar-refractivity contribution in [2.24, 2.45) is 0 Å². The Morgan fingerprint density at radius 2 is 2.14 bits per heavy atom. The van der Waals surface area contributed by atoms with Crippen LogP contribution in [0.25, 0.3) is 0 Å². The van der Waals surface area contributed by atoms with Crippen molar-refractivity contribution in [3.63, 3.8) is 0 Å². The second-order valence-corrected chi connectivity index (χ2v) is 3.99. The topological polar surface area (TPSA) is 41.1 Å². The molecule has 2 rings (SSSR count). The zero-order chi connectivity index (χ0) is 10.3. The normalized spacial score (nSPS) is 19.6. The molecule has 1 unspecified atom stereocenters. The largest absolute Gasteiger partial charge is 0.371 e. The second-order valence-electron chi connectivity index (χ2n) is 3.13. The minimum absolute atomic E-state index is 0.211. The summed E-state index contributed by atoms with van der Waals surface area (Å²) in [6, 6.07) is 2.56. The molecule has 1 aromatic rings. The summed E-state index contributed by atoms with van der Waals surface area (Å²) in [5.41, 5.74) is 0.805. The lowest BCUT2D eigenvalue weighted by atomic mass is 10.1. The lowest BCUT2D eigenvalue weighted by molar-refractivity contribution is -0.116. The fraction of sp³-hybridized carbons (Fsp3) is 0.222. The van der Waals surface area contributed by atoms with E-state index in [1.807, 2.05) is 0 Å². The van der Waals surface area contributed by atoms with E-state index in [1.54, 1.807) is 13.0 Å². The highest BCUT2D eigenvalue weighted by molar-refractivity contribution is 9.10. The molecule has 14 heavy (non-hydrogen) atoms. The summed E-state index contributed by atoms with van der Waals surface area (Å²) in [5.74, 6) is -0.662. The highest BCUT2D eigenvalue weighted by Crippen LogP contribution is 2.35. The van der Waals surface area contributed by atoms with Crippen LogP contribution in [0.1, 0.15) is 6.92 Å². The molecule has 0 bridgehead atoms. The first-order valence-electron chi connectivity index (χ1n) is 4.15. The van der Waals surface area contributed by atoms with Crippen molar-refractivity contribution in [2.45, 2.75) is 13.0 Å². The molecule has 1 aliphatic heterocycles. The number of hydrogen-bond donors (Lipinski definition) is 2. The number of anilines is 2. The first kappa shape index (κ1) is 9.45. The molecule has 2 N–H and O–H groups in total. The number of rotatable bonds is 0. The van der Waals surface area contributed by atoms with Crippen LogP contribution < -0.4 is 10.6 Å². The molecule has 1 atom stereocenters. The molecule has 1 heterocycles. The van der Waals surface area contributed by atoms with Crippen molar-refractivity contribution in [3.8, 4) is 0 Å². The molecule has 0 spiro atoms. The van der Waals surface area contributed by atoms with E-state index in [2.05, 4.69) is 26.6 Å². The molecule has 0 radical (unpaired) electrons. The van der Waals surface area contributed by atoms with Gasteiger partial charge in [-0.1, -0.05) is 0 Å². The van der Waals surface area contributed by atoms with E-state index in [0.717, 1.165) is 4.47 Å². The molecule has 1 aliphatic rings. The molecule has 1 amide bonds. The Hall–Kier alpha value is -1.10. The molecule has 74 valence electrons. The molecule has 3 nitrogen and oxygen atoms in total. The zero-order valence-corrected chi connectivity index (χ0v) is 8.98. The molecule has 0 saturated carbocycles. The predicted octanol–water partition coefficient (Wildman–Crippen LogP) is 2.34. The smallest absolute Gasteiger partial charge is 0.246 e. The van der Waals surface area contributed by atoms with Gasteiger partial charge in [0.1, 0.15) is 17.5 Å². The molecule has 0 aromatic heterocycles. The number of halogens is 2. The van der Waals surface area contributed by atoms with Crippen LogP contribution >= 0.6 is 15.9 Å². The lowest BCUT2D eigenvalue weighted by Gasteiger charge is -2.25. The van der Waals surface area contributed by atoms with E-state index in [1.165, 1.54) is 6.07 Å². The molecule has 0 fully saturated rings. The van der Waals surface area contributed by atoms with Gasteiger partial charge in [-0.05, 0) is 35.0 Å². The number of benzene rings is 1. The van der Waals surface area contributed by atoms with Crippen LogP contribution in [0.5, 0.6) is 0 Å². The third kappa shape index (κ3) is 1.37. The second kappa shape index (κ2) is 3.24. The Morgan fingerprint density at radius 3 is 2.86 bits per heavy atom. The molecule has 0 saturated heterocycles. The van der Waals surface area contributed by atoms with Crippen LogP contribution in [-0.4, -0.2) is 11.9 Å². The van der Waals surface area contributed by atoms with Gasteiger partial charge in [0.15, 0.2) is 0 Å². The van der Waals surface area contributed by atoms with Gasteiger partial charge in [0, 0.05) is 4.47 Å². The number of amides is 1. The summed E-state index contributed by atoms with van der Waals surface area (Å²) in [6.07, 6.45) is 0. The average molecular weight is 259 g/mol. The van der Waals surface area contributed by atoms with Crippen molar-refractivity contribution in [3.05, 3.63) is 22.4 Å². The maximum atomic E-state index is 13.3. The first-order valence-corrected chi connectivity index (χ1v) is 4.94. The van der Waals surface area contributed by atoms with E-state index in [-0.39, 0.29) is 17.6 Å². The van der Waals surface area contributed by atoms with Crippen LogP contribution in [0.4, 0.5) is 15.8 Å². The monoisotopic (exact) mass is 258 g/mol. The number of nitrogens with one attached hydrogen (secondary N) is 2. The summed E-state index contributed by atoms with van der Waals surface area (Å²) >= 11 is 3.28. The maximum Gasteiger partial charge on any atom is 0.246 e. The van der Waals surface area contributed by atoms with Gasteiger partial charge in [-0.25, -0.2) is 4.39 Å². The van der Waals surface area contributed by atoms with Crippen LogP contribution in [0, 0.1) is 5.82 Å². The van der Waals surface area contributed by atoms with Gasteiger partial charge in [0.05, 0.1) is 5.69 Å². The number of hydrogen-bond acceptors (Lipinski definition) is 2. The van der Waals surface area contributed by atoms with Crippen LogP contribution in [0.2, 0.25) is 0 Å². The predicted molar refractivity (Wildman–Crippen MR) is 55.8 cm³/mol. The van der Waals surface area contributed by atoms with Crippen LogP contribution in [-0.2, 0) is 4.79 Å². The summed E-state index contributed by atoms with van der Waals surface area (Å²) in [5, 5.41) is 5.43. The number of carbonyl (C=O) groups is 1. The van der Waals surface area contributed by atoms with E-state index in [9.17, 15) is 9.18 Å². The van der Waals surface area contributed by atoms with Gasteiger partial charge in [-0.15, -0.1) is 0 Å². The molecular formula is C9H8BrFN2O. The first-order chi connectivity index (χ1) is 6.59. The molecule has 1 aromatic carbocycles. The maximum absolute atomic E-state index is 13.3.